The molecule has 1 saturated heterocycles. The molecule has 1 aromatic carbocycles. The van der Waals surface area contributed by atoms with Crippen molar-refractivity contribution in [3.8, 4) is 5.75 Å². The molecule has 1 atom stereocenters. The average Bonchev–Trinajstić information content (AvgIpc) is 3.45. The summed E-state index contributed by atoms with van der Waals surface area (Å²) in [7, 11) is 1.70. The number of methoxy groups -OCH3 is 1. The highest BCUT2D eigenvalue weighted by Gasteiger charge is 2.23. The number of likely N-dealkylation sites (tertiary alicyclic amines) is 1. The van der Waals surface area contributed by atoms with Crippen LogP contribution in [0.5, 0.6) is 5.75 Å². The Hall–Kier alpha value is -1.81. The van der Waals surface area contributed by atoms with Gasteiger partial charge in [0.15, 0.2) is 11.7 Å². The molecule has 7 nitrogen and oxygen atoms in total. The Morgan fingerprint density at radius 2 is 1.90 bits per heavy atom. The number of ether oxygens (including phenoxy) is 1. The van der Waals surface area contributed by atoms with Gasteiger partial charge in [0, 0.05) is 19.2 Å². The highest BCUT2D eigenvalue weighted by molar-refractivity contribution is 14.0. The number of guanidine groups is 1. The summed E-state index contributed by atoms with van der Waals surface area (Å²) < 4.78 is 10.7. The van der Waals surface area contributed by atoms with E-state index in [1.165, 1.54) is 18.4 Å². The third-order valence-electron chi connectivity index (χ3n) is 5.45. The lowest BCUT2D eigenvalue weighted by atomic mass is 10.1. The Labute approximate surface area is 203 Å². The lowest BCUT2D eigenvalue weighted by Gasteiger charge is -2.29. The first-order valence-electron chi connectivity index (χ1n) is 11.0. The molecular weight excluding hydrogens is 505 g/mol. The Balaban J connectivity index is 0.00000341. The van der Waals surface area contributed by atoms with Crippen molar-refractivity contribution < 1.29 is 9.26 Å². The van der Waals surface area contributed by atoms with E-state index in [-0.39, 0.29) is 24.0 Å². The zero-order valence-electron chi connectivity index (χ0n) is 19.1. The van der Waals surface area contributed by atoms with Gasteiger partial charge in [0.05, 0.1) is 18.8 Å². The molecule has 0 amide bonds. The maximum absolute atomic E-state index is 5.42. The standard InChI is InChI=1S/C23H35N5O2.HI/c1-5-24-23(25-15-20-14-21(17(2)3)27-30-20)26-16-22(28-12-6-7-13-28)18-8-10-19(29-4)11-9-18;/h8-11,14,17,22H,5-7,12-13,15-16H2,1-4H3,(H2,24,25,26);1H. The molecule has 1 aromatic heterocycles. The van der Waals surface area contributed by atoms with Crippen molar-refractivity contribution in [3.05, 3.63) is 47.3 Å². The number of nitrogens with one attached hydrogen (secondary N) is 2. The van der Waals surface area contributed by atoms with Gasteiger partial charge >= 0.3 is 0 Å². The first-order valence-corrected chi connectivity index (χ1v) is 11.0. The number of hydrogen-bond donors (Lipinski definition) is 2. The molecule has 172 valence electrons. The molecule has 8 heteroatoms. The Kier molecular flexibility index (Phi) is 10.6. The minimum Gasteiger partial charge on any atom is -0.497 e. The Bertz CT molecular complexity index is 801. The molecule has 3 rings (SSSR count). The molecule has 0 radical (unpaired) electrons. The van der Waals surface area contributed by atoms with Crippen molar-refractivity contribution in [2.75, 3.05) is 33.3 Å². The van der Waals surface area contributed by atoms with Gasteiger partial charge in [0.25, 0.3) is 0 Å². The van der Waals surface area contributed by atoms with Crippen molar-refractivity contribution in [1.82, 2.24) is 20.7 Å². The largest absolute Gasteiger partial charge is 0.497 e. The first-order chi connectivity index (χ1) is 14.6. The normalized spacial score (nSPS) is 15.6. The third kappa shape index (κ3) is 7.38. The number of rotatable bonds is 9. The molecule has 0 aliphatic carbocycles. The number of hydrogen-bond acceptors (Lipinski definition) is 5. The molecule has 2 heterocycles. The number of aromatic nitrogens is 1. The van der Waals surface area contributed by atoms with Crippen LogP contribution in [0, 0.1) is 0 Å². The minimum atomic E-state index is 0. The molecule has 1 unspecified atom stereocenters. The highest BCUT2D eigenvalue weighted by atomic mass is 127. The molecule has 1 aliphatic heterocycles. The van der Waals surface area contributed by atoms with Crippen LogP contribution in [0.4, 0.5) is 0 Å². The van der Waals surface area contributed by atoms with Crippen molar-refractivity contribution >= 4 is 29.9 Å². The summed E-state index contributed by atoms with van der Waals surface area (Å²) in [4.78, 5) is 7.24. The Morgan fingerprint density at radius 3 is 2.48 bits per heavy atom. The predicted octanol–water partition coefficient (Wildman–Crippen LogP) is 4.32. The van der Waals surface area contributed by atoms with Crippen LogP contribution in [0.15, 0.2) is 39.8 Å². The van der Waals surface area contributed by atoms with Crippen molar-refractivity contribution in [2.24, 2.45) is 4.99 Å². The quantitative estimate of drug-likeness (QED) is 0.280. The van der Waals surface area contributed by atoms with Gasteiger partial charge in [-0.25, -0.2) is 4.99 Å². The van der Waals surface area contributed by atoms with E-state index in [0.29, 0.717) is 18.5 Å². The number of aliphatic imine (C=N–C) groups is 1. The number of halogens is 1. The SMILES string of the molecule is CCNC(=NCc1cc(C(C)C)no1)NCC(c1ccc(OC)cc1)N1CCCC1.I. The average molecular weight is 541 g/mol. The molecule has 2 aromatic rings. The second-order valence-corrected chi connectivity index (χ2v) is 7.98. The van der Waals surface area contributed by atoms with E-state index >= 15 is 0 Å². The first kappa shape index (κ1) is 25.5. The number of benzene rings is 1. The summed E-state index contributed by atoms with van der Waals surface area (Å²) >= 11 is 0. The van der Waals surface area contributed by atoms with Gasteiger partial charge in [-0.3, -0.25) is 4.90 Å². The van der Waals surface area contributed by atoms with Crippen LogP contribution in [-0.2, 0) is 6.54 Å². The van der Waals surface area contributed by atoms with Crippen LogP contribution < -0.4 is 15.4 Å². The van der Waals surface area contributed by atoms with E-state index in [4.69, 9.17) is 14.3 Å². The van der Waals surface area contributed by atoms with Crippen LogP contribution in [0.1, 0.15) is 62.6 Å². The van der Waals surface area contributed by atoms with E-state index in [1.807, 2.05) is 18.2 Å². The highest BCUT2D eigenvalue weighted by Crippen LogP contribution is 2.26. The molecule has 1 fully saturated rings. The fourth-order valence-electron chi connectivity index (χ4n) is 3.70. The molecule has 0 bridgehead atoms. The van der Waals surface area contributed by atoms with Crippen LogP contribution in [0.2, 0.25) is 0 Å². The fourth-order valence-corrected chi connectivity index (χ4v) is 3.70. The molecule has 2 N–H and O–H groups in total. The molecule has 1 aliphatic rings. The van der Waals surface area contributed by atoms with Gasteiger partial charge in [-0.2, -0.15) is 0 Å². The van der Waals surface area contributed by atoms with Crippen LogP contribution in [0.3, 0.4) is 0 Å². The maximum Gasteiger partial charge on any atom is 0.191 e. The molecule has 0 spiro atoms. The van der Waals surface area contributed by atoms with E-state index < -0.39 is 0 Å². The van der Waals surface area contributed by atoms with Crippen molar-refractivity contribution in [1.29, 1.82) is 0 Å². The van der Waals surface area contributed by atoms with E-state index in [1.54, 1.807) is 7.11 Å². The summed E-state index contributed by atoms with van der Waals surface area (Å²) in [6.07, 6.45) is 2.51. The fraction of sp³-hybridized carbons (Fsp3) is 0.565. The second-order valence-electron chi connectivity index (χ2n) is 7.98. The summed E-state index contributed by atoms with van der Waals surface area (Å²) in [5.74, 6) is 2.80. The Morgan fingerprint density at radius 1 is 1.19 bits per heavy atom. The van der Waals surface area contributed by atoms with E-state index in [0.717, 1.165) is 49.3 Å². The summed E-state index contributed by atoms with van der Waals surface area (Å²) in [5, 5.41) is 11.0. The van der Waals surface area contributed by atoms with Crippen LogP contribution in [-0.4, -0.2) is 49.3 Å². The molecule has 31 heavy (non-hydrogen) atoms. The van der Waals surface area contributed by atoms with Crippen molar-refractivity contribution in [2.45, 2.75) is 52.1 Å². The van der Waals surface area contributed by atoms with E-state index in [2.05, 4.69) is 53.6 Å². The summed E-state index contributed by atoms with van der Waals surface area (Å²) in [6.45, 7) is 10.6. The predicted molar refractivity (Wildman–Crippen MR) is 135 cm³/mol. The number of nitrogens with zero attached hydrogens (tertiary/aromatic N) is 3. The van der Waals surface area contributed by atoms with Gasteiger partial charge in [0.2, 0.25) is 0 Å². The summed E-state index contributed by atoms with van der Waals surface area (Å²) in [5.41, 5.74) is 2.25. The van der Waals surface area contributed by atoms with Gasteiger partial charge in [-0.1, -0.05) is 31.1 Å². The molecular formula is C23H36IN5O2. The zero-order valence-corrected chi connectivity index (χ0v) is 21.4. The topological polar surface area (TPSA) is 74.9 Å². The van der Waals surface area contributed by atoms with E-state index in [9.17, 15) is 0 Å². The van der Waals surface area contributed by atoms with Gasteiger partial charge in [-0.15, -0.1) is 24.0 Å². The van der Waals surface area contributed by atoms with Gasteiger partial charge in [0.1, 0.15) is 12.3 Å². The summed E-state index contributed by atoms with van der Waals surface area (Å²) in [6, 6.07) is 10.7. The van der Waals surface area contributed by atoms with Crippen LogP contribution in [0.25, 0.3) is 0 Å². The van der Waals surface area contributed by atoms with Gasteiger partial charge < -0.3 is 19.9 Å². The monoisotopic (exact) mass is 541 g/mol. The van der Waals surface area contributed by atoms with Gasteiger partial charge in [-0.05, 0) is 56.5 Å². The maximum atomic E-state index is 5.42. The van der Waals surface area contributed by atoms with Crippen molar-refractivity contribution in [3.63, 3.8) is 0 Å². The van der Waals surface area contributed by atoms with Crippen LogP contribution >= 0.6 is 24.0 Å². The lowest BCUT2D eigenvalue weighted by molar-refractivity contribution is 0.245. The smallest absolute Gasteiger partial charge is 0.191 e. The lowest BCUT2D eigenvalue weighted by Crippen LogP contribution is -2.42. The second kappa shape index (κ2) is 12.9. The minimum absolute atomic E-state index is 0. The third-order valence-corrected chi connectivity index (χ3v) is 5.45. The molecule has 0 saturated carbocycles. The zero-order chi connectivity index (χ0) is 21.3.